The lowest BCUT2D eigenvalue weighted by Crippen LogP contribution is -2.35. The number of hydrogen-bond donors (Lipinski definition) is 3. The highest BCUT2D eigenvalue weighted by Gasteiger charge is 2.35. The van der Waals surface area contributed by atoms with Gasteiger partial charge in [0.2, 0.25) is 23.0 Å². The van der Waals surface area contributed by atoms with Gasteiger partial charge >= 0.3 is 0 Å². The van der Waals surface area contributed by atoms with Gasteiger partial charge in [0, 0.05) is 19.0 Å². The average molecular weight is 548 g/mol. The molecule has 0 spiro atoms. The van der Waals surface area contributed by atoms with Gasteiger partial charge in [-0.1, -0.05) is 18.2 Å². The van der Waals surface area contributed by atoms with Gasteiger partial charge in [-0.05, 0) is 78.3 Å². The number of amides is 2. The Labute approximate surface area is 234 Å². The van der Waals surface area contributed by atoms with E-state index in [0.717, 1.165) is 23.1 Å². The number of nitrogens with one attached hydrogen (secondary N) is 3. The van der Waals surface area contributed by atoms with E-state index >= 15 is 0 Å². The van der Waals surface area contributed by atoms with Gasteiger partial charge in [0.15, 0.2) is 11.5 Å². The van der Waals surface area contributed by atoms with Gasteiger partial charge < -0.3 is 30.2 Å². The van der Waals surface area contributed by atoms with Gasteiger partial charge in [0.1, 0.15) is 0 Å². The number of anilines is 1. The molecule has 0 aromatic heterocycles. The summed E-state index contributed by atoms with van der Waals surface area (Å²) >= 11 is 0. The van der Waals surface area contributed by atoms with E-state index in [1.54, 1.807) is 33.5 Å². The molecule has 1 saturated carbocycles. The van der Waals surface area contributed by atoms with Crippen molar-refractivity contribution in [3.05, 3.63) is 57.8 Å². The van der Waals surface area contributed by atoms with Crippen LogP contribution in [0.15, 0.2) is 41.2 Å². The SMILES string of the molecule is COc1cc2c(c(OC)c1OC)-c1ccc(NCC(=O)NC[C@H]3C[C@H]4C=C[C@H]3C4)c(=O)cc1[C@@H](NC(C)=O)CC2. The van der Waals surface area contributed by atoms with Crippen LogP contribution < -0.4 is 35.6 Å². The third kappa shape index (κ3) is 5.37. The Morgan fingerprint density at radius 1 is 1.00 bits per heavy atom. The number of carbonyl (C=O) groups is 2. The summed E-state index contributed by atoms with van der Waals surface area (Å²) in [5.41, 5.74) is 3.17. The van der Waals surface area contributed by atoms with Crippen LogP contribution in [0.25, 0.3) is 11.1 Å². The normalized spacial score (nSPS) is 22.0. The summed E-state index contributed by atoms with van der Waals surface area (Å²) in [5.74, 6) is 2.83. The van der Waals surface area contributed by atoms with Crippen LogP contribution in [0.1, 0.15) is 43.4 Å². The Bertz CT molecular complexity index is 1400. The maximum Gasteiger partial charge on any atom is 0.239 e. The van der Waals surface area contributed by atoms with Gasteiger partial charge in [0.05, 0.1) is 39.6 Å². The highest BCUT2D eigenvalue weighted by Crippen LogP contribution is 2.50. The molecule has 4 atom stereocenters. The van der Waals surface area contributed by atoms with E-state index in [9.17, 15) is 14.4 Å². The number of aryl methyl sites for hydroxylation is 1. The fourth-order valence-corrected chi connectivity index (χ4v) is 6.47. The van der Waals surface area contributed by atoms with Crippen molar-refractivity contribution >= 4 is 17.5 Å². The zero-order valence-electron chi connectivity index (χ0n) is 23.5. The van der Waals surface area contributed by atoms with E-state index < -0.39 is 6.04 Å². The minimum absolute atomic E-state index is 0.0133. The molecule has 2 aromatic rings. The molecule has 2 amide bonds. The molecular formula is C31H37N3O6. The van der Waals surface area contributed by atoms with Gasteiger partial charge in [-0.2, -0.15) is 0 Å². The van der Waals surface area contributed by atoms with E-state index in [0.29, 0.717) is 65.6 Å². The van der Waals surface area contributed by atoms with E-state index in [2.05, 4.69) is 28.1 Å². The first kappa shape index (κ1) is 27.6. The third-order valence-electron chi connectivity index (χ3n) is 8.33. The fraction of sp³-hybridized carbons (Fsp3) is 0.452. The van der Waals surface area contributed by atoms with Crippen molar-refractivity contribution in [3.63, 3.8) is 0 Å². The maximum atomic E-state index is 13.4. The number of allylic oxidation sites excluding steroid dienone is 2. The summed E-state index contributed by atoms with van der Waals surface area (Å²) in [6.45, 7) is 2.10. The lowest BCUT2D eigenvalue weighted by Gasteiger charge is -2.19. The predicted molar refractivity (Wildman–Crippen MR) is 153 cm³/mol. The van der Waals surface area contributed by atoms with Gasteiger partial charge in [-0.15, -0.1) is 0 Å². The Kier molecular flexibility index (Phi) is 8.00. The highest BCUT2D eigenvalue weighted by molar-refractivity contribution is 5.84. The topological polar surface area (TPSA) is 115 Å². The zero-order valence-corrected chi connectivity index (χ0v) is 23.5. The Balaban J connectivity index is 1.46. The molecule has 0 radical (unpaired) electrons. The molecule has 1 fully saturated rings. The van der Waals surface area contributed by atoms with Crippen molar-refractivity contribution < 1.29 is 23.8 Å². The van der Waals surface area contributed by atoms with Crippen LogP contribution in [0.2, 0.25) is 0 Å². The molecule has 3 aliphatic carbocycles. The summed E-state index contributed by atoms with van der Waals surface area (Å²) < 4.78 is 17.0. The molecule has 5 rings (SSSR count). The average Bonchev–Trinajstić information content (AvgIpc) is 3.49. The first-order valence-corrected chi connectivity index (χ1v) is 13.8. The monoisotopic (exact) mass is 547 g/mol. The molecule has 40 heavy (non-hydrogen) atoms. The van der Waals surface area contributed by atoms with E-state index in [1.807, 2.05) is 12.1 Å². The van der Waals surface area contributed by atoms with Crippen molar-refractivity contribution in [1.82, 2.24) is 10.6 Å². The second-order valence-electron chi connectivity index (χ2n) is 10.8. The van der Waals surface area contributed by atoms with Crippen LogP contribution in [-0.4, -0.2) is 46.2 Å². The van der Waals surface area contributed by atoms with Crippen molar-refractivity contribution in [1.29, 1.82) is 0 Å². The van der Waals surface area contributed by atoms with Crippen LogP contribution in [0, 0.1) is 17.8 Å². The van der Waals surface area contributed by atoms with Crippen LogP contribution in [0.3, 0.4) is 0 Å². The standard InChI is InChI=1S/C31H37N3O6/c1-17(35)34-24-9-7-20-13-27(38-2)30(39-3)31(40-4)29(20)22-8-10-25(26(36)14-23(22)24)32-16-28(37)33-15-21-12-18-5-6-19(21)11-18/h5-6,8,10,13-14,18-19,21,24H,7,9,11-12,15-16H2,1-4H3,(H,32,36)(H,33,37)(H,34,35)/t18-,19-,21+,24-/m0/s1. The number of carbonyl (C=O) groups excluding carboxylic acids is 2. The first-order chi connectivity index (χ1) is 19.3. The van der Waals surface area contributed by atoms with E-state index in [1.165, 1.54) is 13.3 Å². The lowest BCUT2D eigenvalue weighted by molar-refractivity contribution is -0.120. The quantitative estimate of drug-likeness (QED) is 0.411. The summed E-state index contributed by atoms with van der Waals surface area (Å²) in [6, 6.07) is 6.59. The fourth-order valence-electron chi connectivity index (χ4n) is 6.47. The number of fused-ring (bicyclic) bond motifs is 5. The number of benzene rings is 1. The number of methoxy groups -OCH3 is 3. The second kappa shape index (κ2) is 11.6. The van der Waals surface area contributed by atoms with E-state index in [-0.39, 0.29) is 23.8 Å². The van der Waals surface area contributed by atoms with Crippen molar-refractivity contribution in [3.8, 4) is 28.4 Å². The van der Waals surface area contributed by atoms with Gasteiger partial charge in [0.25, 0.3) is 0 Å². The number of ether oxygens (including phenoxy) is 3. The number of rotatable bonds is 9. The molecule has 9 heteroatoms. The third-order valence-corrected chi connectivity index (χ3v) is 8.33. The molecule has 0 aliphatic heterocycles. The maximum absolute atomic E-state index is 13.4. The summed E-state index contributed by atoms with van der Waals surface area (Å²) in [5, 5.41) is 9.05. The molecule has 3 N–H and O–H groups in total. The minimum atomic E-state index is -0.395. The summed E-state index contributed by atoms with van der Waals surface area (Å²) in [6.07, 6.45) is 8.06. The van der Waals surface area contributed by atoms with Crippen LogP contribution in [0.4, 0.5) is 5.69 Å². The second-order valence-corrected chi connectivity index (χ2v) is 10.8. The Morgan fingerprint density at radius 3 is 2.45 bits per heavy atom. The largest absolute Gasteiger partial charge is 0.493 e. The van der Waals surface area contributed by atoms with Crippen LogP contribution in [-0.2, 0) is 16.0 Å². The van der Waals surface area contributed by atoms with Crippen LogP contribution in [0.5, 0.6) is 17.2 Å². The van der Waals surface area contributed by atoms with Crippen LogP contribution >= 0.6 is 0 Å². The number of hydrogen-bond acceptors (Lipinski definition) is 7. The molecule has 0 unspecified atom stereocenters. The first-order valence-electron chi connectivity index (χ1n) is 13.8. The Hall–Kier alpha value is -4.01. The molecule has 9 nitrogen and oxygen atoms in total. The molecule has 2 aromatic carbocycles. The highest BCUT2D eigenvalue weighted by atomic mass is 16.5. The molecule has 212 valence electrons. The van der Waals surface area contributed by atoms with Gasteiger partial charge in [-0.3, -0.25) is 14.4 Å². The van der Waals surface area contributed by atoms with Crippen molar-refractivity contribution in [2.24, 2.45) is 17.8 Å². The lowest BCUT2D eigenvalue weighted by atomic mass is 9.94. The summed E-state index contributed by atoms with van der Waals surface area (Å²) in [7, 11) is 4.68. The van der Waals surface area contributed by atoms with Crippen molar-refractivity contribution in [2.75, 3.05) is 39.7 Å². The molecular weight excluding hydrogens is 510 g/mol. The minimum Gasteiger partial charge on any atom is -0.493 e. The predicted octanol–water partition coefficient (Wildman–Crippen LogP) is 3.60. The molecule has 0 saturated heterocycles. The Morgan fingerprint density at radius 2 is 1.80 bits per heavy atom. The summed E-state index contributed by atoms with van der Waals surface area (Å²) in [4.78, 5) is 38.2. The van der Waals surface area contributed by atoms with Crippen molar-refractivity contribution in [2.45, 2.75) is 38.6 Å². The molecule has 3 aliphatic rings. The molecule has 0 heterocycles. The smallest absolute Gasteiger partial charge is 0.239 e. The molecule has 2 bridgehead atoms. The van der Waals surface area contributed by atoms with E-state index in [4.69, 9.17) is 14.2 Å². The zero-order chi connectivity index (χ0) is 28.4. The van der Waals surface area contributed by atoms with Gasteiger partial charge in [-0.25, -0.2) is 0 Å².